The van der Waals surface area contributed by atoms with Crippen LogP contribution in [-0.4, -0.2) is 19.5 Å². The zero-order chi connectivity index (χ0) is 35.5. The van der Waals surface area contributed by atoms with Gasteiger partial charge in [0.25, 0.3) is 0 Å². The lowest BCUT2D eigenvalue weighted by atomic mass is 9.82. The van der Waals surface area contributed by atoms with Crippen molar-refractivity contribution in [3.05, 3.63) is 157 Å². The van der Waals surface area contributed by atoms with Crippen LogP contribution in [0, 0.1) is 0 Å². The van der Waals surface area contributed by atoms with E-state index in [-0.39, 0.29) is 5.41 Å². The molecule has 0 radical (unpaired) electrons. The molecule has 0 aliphatic heterocycles. The van der Waals surface area contributed by atoms with Gasteiger partial charge in [0.1, 0.15) is 0 Å². The standard InChI is InChI=1S/C42H30N4.C3H8.C2H6/c1-42(2)35-21-13-12-20-31(35)32-26-38-34(25-36(32)42)33-24-30(27-14-6-3-7-15-27)22-23-37(33)46(38)41-44-39(28-16-8-4-9-17-28)43-40(45-41)29-18-10-5-11-19-29;1-3-2;1-2/h3-26H,1-2H3;3H2,1-2H3;1-2H3. The first-order valence-corrected chi connectivity index (χ1v) is 18.1. The van der Waals surface area contributed by atoms with Crippen molar-refractivity contribution in [1.29, 1.82) is 0 Å². The molecular weight excluding hydrogens is 621 g/mol. The molecule has 0 bridgehead atoms. The van der Waals surface area contributed by atoms with Crippen LogP contribution in [-0.2, 0) is 5.41 Å². The Labute approximate surface area is 301 Å². The molecule has 0 spiro atoms. The third-order valence-corrected chi connectivity index (χ3v) is 9.46. The molecule has 0 unspecified atom stereocenters. The van der Waals surface area contributed by atoms with Gasteiger partial charge in [-0.1, -0.05) is 169 Å². The summed E-state index contributed by atoms with van der Waals surface area (Å²) in [6.45, 7) is 12.9. The van der Waals surface area contributed by atoms with E-state index in [0.29, 0.717) is 17.6 Å². The zero-order valence-electron chi connectivity index (χ0n) is 30.4. The van der Waals surface area contributed by atoms with Gasteiger partial charge in [0.2, 0.25) is 5.95 Å². The Morgan fingerprint density at radius 3 is 1.57 bits per heavy atom. The Kier molecular flexibility index (Phi) is 9.34. The van der Waals surface area contributed by atoms with Crippen LogP contribution in [0.25, 0.3) is 72.8 Å². The molecular formula is C47H44N4. The average molecular weight is 665 g/mol. The van der Waals surface area contributed by atoms with Crippen molar-refractivity contribution in [2.75, 3.05) is 0 Å². The Balaban J connectivity index is 0.000000774. The Bertz CT molecular complexity index is 2390. The van der Waals surface area contributed by atoms with Crippen LogP contribution < -0.4 is 0 Å². The molecule has 4 nitrogen and oxygen atoms in total. The predicted octanol–water partition coefficient (Wildman–Crippen LogP) is 12.7. The number of hydrogen-bond acceptors (Lipinski definition) is 3. The number of rotatable bonds is 4. The number of aromatic nitrogens is 4. The Hall–Kier alpha value is -5.87. The molecule has 0 fully saturated rings. The molecule has 2 heterocycles. The lowest BCUT2D eigenvalue weighted by molar-refractivity contribution is 0.661. The van der Waals surface area contributed by atoms with Crippen molar-refractivity contribution < 1.29 is 0 Å². The lowest BCUT2D eigenvalue weighted by Gasteiger charge is -2.21. The average Bonchev–Trinajstić information content (AvgIpc) is 3.63. The lowest BCUT2D eigenvalue weighted by Crippen LogP contribution is -2.14. The van der Waals surface area contributed by atoms with E-state index >= 15 is 0 Å². The second-order valence-electron chi connectivity index (χ2n) is 13.2. The predicted molar refractivity (Wildman–Crippen MR) is 215 cm³/mol. The van der Waals surface area contributed by atoms with Gasteiger partial charge >= 0.3 is 0 Å². The van der Waals surface area contributed by atoms with E-state index in [1.54, 1.807) is 0 Å². The molecule has 1 aliphatic carbocycles. The van der Waals surface area contributed by atoms with Gasteiger partial charge in [-0.25, -0.2) is 4.98 Å². The minimum Gasteiger partial charge on any atom is -0.278 e. The molecule has 4 heteroatoms. The molecule has 1 aliphatic rings. The summed E-state index contributed by atoms with van der Waals surface area (Å²) in [5.41, 5.74) is 11.6. The summed E-state index contributed by atoms with van der Waals surface area (Å²) < 4.78 is 2.23. The minimum atomic E-state index is -0.111. The molecule has 8 aromatic rings. The molecule has 0 saturated heterocycles. The van der Waals surface area contributed by atoms with Crippen molar-refractivity contribution in [1.82, 2.24) is 19.5 Å². The van der Waals surface area contributed by atoms with E-state index in [1.165, 1.54) is 50.6 Å². The molecule has 0 saturated carbocycles. The number of benzene rings is 6. The van der Waals surface area contributed by atoms with Gasteiger partial charge in [-0.15, -0.1) is 0 Å². The summed E-state index contributed by atoms with van der Waals surface area (Å²) in [4.78, 5) is 15.3. The normalized spacial score (nSPS) is 12.4. The summed E-state index contributed by atoms with van der Waals surface area (Å²) in [5, 5.41) is 2.36. The second kappa shape index (κ2) is 14.2. The number of fused-ring (bicyclic) bond motifs is 6. The fourth-order valence-electron chi connectivity index (χ4n) is 7.14. The molecule has 9 rings (SSSR count). The van der Waals surface area contributed by atoms with Crippen LogP contribution in [0.5, 0.6) is 0 Å². The van der Waals surface area contributed by atoms with Crippen LogP contribution in [0.2, 0.25) is 0 Å². The van der Waals surface area contributed by atoms with Crippen molar-refractivity contribution in [3.63, 3.8) is 0 Å². The van der Waals surface area contributed by atoms with Crippen molar-refractivity contribution in [3.8, 4) is 51.0 Å². The molecule has 0 N–H and O–H groups in total. The molecule has 51 heavy (non-hydrogen) atoms. The smallest absolute Gasteiger partial charge is 0.238 e. The minimum absolute atomic E-state index is 0.111. The monoisotopic (exact) mass is 664 g/mol. The van der Waals surface area contributed by atoms with Gasteiger partial charge in [0.15, 0.2) is 11.6 Å². The van der Waals surface area contributed by atoms with Gasteiger partial charge < -0.3 is 0 Å². The van der Waals surface area contributed by atoms with Gasteiger partial charge in [-0.3, -0.25) is 4.57 Å². The highest BCUT2D eigenvalue weighted by Crippen LogP contribution is 2.51. The van der Waals surface area contributed by atoms with Crippen molar-refractivity contribution in [2.24, 2.45) is 0 Å². The van der Waals surface area contributed by atoms with Crippen molar-refractivity contribution in [2.45, 2.75) is 53.4 Å². The van der Waals surface area contributed by atoms with E-state index in [4.69, 9.17) is 15.0 Å². The zero-order valence-corrected chi connectivity index (χ0v) is 30.4. The Morgan fingerprint density at radius 2 is 0.980 bits per heavy atom. The Morgan fingerprint density at radius 1 is 0.471 bits per heavy atom. The number of hydrogen-bond donors (Lipinski definition) is 0. The largest absolute Gasteiger partial charge is 0.278 e. The molecule has 252 valence electrons. The third kappa shape index (κ3) is 6.01. The van der Waals surface area contributed by atoms with E-state index in [0.717, 1.165) is 22.2 Å². The van der Waals surface area contributed by atoms with Crippen LogP contribution in [0.4, 0.5) is 0 Å². The van der Waals surface area contributed by atoms with Gasteiger partial charge in [0, 0.05) is 27.3 Å². The van der Waals surface area contributed by atoms with E-state index < -0.39 is 0 Å². The summed E-state index contributed by atoms with van der Waals surface area (Å²) in [6, 6.07) is 51.2. The molecule has 2 aromatic heterocycles. The molecule has 0 amide bonds. The summed E-state index contributed by atoms with van der Waals surface area (Å²) in [5.74, 6) is 1.90. The first-order valence-electron chi connectivity index (χ1n) is 18.1. The first kappa shape index (κ1) is 33.6. The maximum atomic E-state index is 5.16. The maximum Gasteiger partial charge on any atom is 0.238 e. The van der Waals surface area contributed by atoms with Crippen LogP contribution >= 0.6 is 0 Å². The highest BCUT2D eigenvalue weighted by molar-refractivity contribution is 6.12. The summed E-state index contributed by atoms with van der Waals surface area (Å²) in [6.07, 6.45) is 1.25. The highest BCUT2D eigenvalue weighted by atomic mass is 15.2. The van der Waals surface area contributed by atoms with Crippen LogP contribution in [0.3, 0.4) is 0 Å². The first-order chi connectivity index (χ1) is 25.0. The molecule has 6 aromatic carbocycles. The fourth-order valence-corrected chi connectivity index (χ4v) is 7.14. The third-order valence-electron chi connectivity index (χ3n) is 9.46. The highest BCUT2D eigenvalue weighted by Gasteiger charge is 2.36. The summed E-state index contributed by atoms with van der Waals surface area (Å²) >= 11 is 0. The molecule has 0 atom stereocenters. The topological polar surface area (TPSA) is 43.6 Å². The van der Waals surface area contributed by atoms with Gasteiger partial charge in [-0.2, -0.15) is 9.97 Å². The van der Waals surface area contributed by atoms with Crippen molar-refractivity contribution >= 4 is 21.8 Å². The van der Waals surface area contributed by atoms with E-state index in [2.05, 4.69) is 141 Å². The quantitative estimate of drug-likeness (QED) is 0.188. The summed E-state index contributed by atoms with van der Waals surface area (Å²) in [7, 11) is 0. The van der Waals surface area contributed by atoms with E-state index in [9.17, 15) is 0 Å². The maximum absolute atomic E-state index is 5.16. The number of nitrogens with zero attached hydrogens (tertiary/aromatic N) is 4. The second-order valence-corrected chi connectivity index (χ2v) is 13.2. The van der Waals surface area contributed by atoms with Gasteiger partial charge in [0.05, 0.1) is 11.0 Å². The SMILES string of the molecule is CC.CC1(C)c2ccccc2-c2cc3c(cc21)c1cc(-c2ccccc2)ccc1n3-c1nc(-c2ccccc2)nc(-c2ccccc2)n1.CCC. The van der Waals surface area contributed by atoms with Crippen LogP contribution in [0.15, 0.2) is 146 Å². The van der Waals surface area contributed by atoms with Crippen LogP contribution in [0.1, 0.15) is 59.1 Å². The van der Waals surface area contributed by atoms with E-state index in [1.807, 2.05) is 50.2 Å². The fraction of sp³-hybridized carbons (Fsp3) is 0.170. The van der Waals surface area contributed by atoms with Gasteiger partial charge in [-0.05, 0) is 57.6 Å².